The molecule has 3 atom stereocenters. The lowest BCUT2D eigenvalue weighted by atomic mass is 9.88. The molecule has 0 heteroatoms. The van der Waals surface area contributed by atoms with E-state index in [-0.39, 0.29) is 0 Å². The van der Waals surface area contributed by atoms with Gasteiger partial charge < -0.3 is 0 Å². The highest BCUT2D eigenvalue weighted by atomic mass is 14.1. The summed E-state index contributed by atoms with van der Waals surface area (Å²) >= 11 is 0. The van der Waals surface area contributed by atoms with Crippen molar-refractivity contribution in [2.45, 2.75) is 53.9 Å². The smallest absolute Gasteiger partial charge is 0.0260 e. The Hall–Kier alpha value is -0.260. The van der Waals surface area contributed by atoms with Gasteiger partial charge in [-0.1, -0.05) is 46.3 Å². The molecule has 0 heterocycles. The molecule has 0 fully saturated rings. The summed E-state index contributed by atoms with van der Waals surface area (Å²) in [5.41, 5.74) is 0. The number of rotatable bonds is 6. The third kappa shape index (κ3) is 6.86. The normalized spacial score (nSPS) is 18.8. The number of hydrogen-bond donors (Lipinski definition) is 0. The van der Waals surface area contributed by atoms with Gasteiger partial charge in [-0.25, -0.2) is 0 Å². The van der Waals surface area contributed by atoms with E-state index in [1.807, 2.05) is 0 Å². The summed E-state index contributed by atoms with van der Waals surface area (Å²) in [4.78, 5) is 0. The summed E-state index contributed by atoms with van der Waals surface area (Å²) in [6.45, 7) is 11.4. The minimum atomic E-state index is 0.754. The molecule has 0 amide bonds. The van der Waals surface area contributed by atoms with E-state index in [0.29, 0.717) is 0 Å². The molecule has 0 aliphatic rings. The SMILES string of the molecule is CC=CC(C)CC(C)CC(C)CC. The van der Waals surface area contributed by atoms with Gasteiger partial charge in [0.15, 0.2) is 0 Å². The lowest BCUT2D eigenvalue weighted by molar-refractivity contribution is 0.361. The first kappa shape index (κ1) is 12.7. The van der Waals surface area contributed by atoms with E-state index in [1.165, 1.54) is 19.3 Å². The average Bonchev–Trinajstić information content (AvgIpc) is 2.04. The summed E-state index contributed by atoms with van der Waals surface area (Å²) in [7, 11) is 0. The second-order valence-corrected chi connectivity index (χ2v) is 4.59. The molecule has 0 aromatic carbocycles. The van der Waals surface area contributed by atoms with Crippen molar-refractivity contribution in [1.29, 1.82) is 0 Å². The fourth-order valence-electron chi connectivity index (χ4n) is 1.99. The third-order valence-corrected chi connectivity index (χ3v) is 2.80. The van der Waals surface area contributed by atoms with Gasteiger partial charge in [-0.15, -0.1) is 0 Å². The molecular formula is C13H26. The van der Waals surface area contributed by atoms with Crippen LogP contribution in [0.5, 0.6) is 0 Å². The minimum Gasteiger partial charge on any atom is -0.0914 e. The van der Waals surface area contributed by atoms with Crippen LogP contribution in [0.3, 0.4) is 0 Å². The van der Waals surface area contributed by atoms with Crippen LogP contribution in [-0.2, 0) is 0 Å². The number of allylic oxidation sites excluding steroid dienone is 2. The zero-order valence-corrected chi connectivity index (χ0v) is 10.0. The zero-order chi connectivity index (χ0) is 10.3. The molecule has 0 saturated heterocycles. The van der Waals surface area contributed by atoms with Gasteiger partial charge in [-0.05, 0) is 37.5 Å². The van der Waals surface area contributed by atoms with Crippen molar-refractivity contribution in [3.63, 3.8) is 0 Å². The van der Waals surface area contributed by atoms with Crippen LogP contribution in [0.25, 0.3) is 0 Å². The van der Waals surface area contributed by atoms with Crippen molar-refractivity contribution >= 4 is 0 Å². The first-order chi connectivity index (χ1) is 6.10. The zero-order valence-electron chi connectivity index (χ0n) is 10.0. The Balaban J connectivity index is 3.66. The van der Waals surface area contributed by atoms with Crippen molar-refractivity contribution in [3.05, 3.63) is 12.2 Å². The summed E-state index contributed by atoms with van der Waals surface area (Å²) in [6, 6.07) is 0. The minimum absolute atomic E-state index is 0.754. The molecule has 0 aliphatic heterocycles. The monoisotopic (exact) mass is 182 g/mol. The first-order valence-corrected chi connectivity index (χ1v) is 5.72. The Labute approximate surface area is 84.4 Å². The molecule has 0 radical (unpaired) electrons. The topological polar surface area (TPSA) is 0 Å². The van der Waals surface area contributed by atoms with Crippen LogP contribution < -0.4 is 0 Å². The fraction of sp³-hybridized carbons (Fsp3) is 0.846. The molecule has 0 nitrogen and oxygen atoms in total. The maximum atomic E-state index is 2.38. The fourth-order valence-corrected chi connectivity index (χ4v) is 1.99. The molecule has 0 spiro atoms. The van der Waals surface area contributed by atoms with Gasteiger partial charge in [0.2, 0.25) is 0 Å². The van der Waals surface area contributed by atoms with Crippen LogP contribution >= 0.6 is 0 Å². The Bertz CT molecular complexity index is 135. The molecule has 13 heavy (non-hydrogen) atoms. The second-order valence-electron chi connectivity index (χ2n) is 4.59. The van der Waals surface area contributed by atoms with Crippen LogP contribution in [0.15, 0.2) is 12.2 Å². The predicted molar refractivity (Wildman–Crippen MR) is 61.8 cm³/mol. The van der Waals surface area contributed by atoms with E-state index < -0.39 is 0 Å². The lowest BCUT2D eigenvalue weighted by Gasteiger charge is -2.17. The van der Waals surface area contributed by atoms with E-state index in [0.717, 1.165) is 17.8 Å². The molecule has 0 aromatic heterocycles. The van der Waals surface area contributed by atoms with Crippen molar-refractivity contribution in [1.82, 2.24) is 0 Å². The van der Waals surface area contributed by atoms with Crippen molar-refractivity contribution in [2.75, 3.05) is 0 Å². The average molecular weight is 182 g/mol. The van der Waals surface area contributed by atoms with Gasteiger partial charge in [0.05, 0.1) is 0 Å². The van der Waals surface area contributed by atoms with Crippen molar-refractivity contribution in [2.24, 2.45) is 17.8 Å². The van der Waals surface area contributed by atoms with Crippen molar-refractivity contribution < 1.29 is 0 Å². The molecule has 0 saturated carbocycles. The van der Waals surface area contributed by atoms with E-state index in [1.54, 1.807) is 0 Å². The highest BCUT2D eigenvalue weighted by Crippen LogP contribution is 2.21. The summed E-state index contributed by atoms with van der Waals surface area (Å²) in [5.74, 6) is 2.53. The lowest BCUT2D eigenvalue weighted by Crippen LogP contribution is -2.05. The van der Waals surface area contributed by atoms with E-state index in [9.17, 15) is 0 Å². The van der Waals surface area contributed by atoms with E-state index in [4.69, 9.17) is 0 Å². The van der Waals surface area contributed by atoms with Gasteiger partial charge >= 0.3 is 0 Å². The Morgan fingerprint density at radius 3 is 2.08 bits per heavy atom. The standard InChI is InChI=1S/C13H26/c1-6-8-12(4)10-13(5)9-11(3)7-2/h6,8,11-13H,7,9-10H2,1-5H3. The highest BCUT2D eigenvalue weighted by Gasteiger charge is 2.09. The molecular weight excluding hydrogens is 156 g/mol. The van der Waals surface area contributed by atoms with Crippen LogP contribution in [0.1, 0.15) is 53.9 Å². The summed E-state index contributed by atoms with van der Waals surface area (Å²) < 4.78 is 0. The molecule has 78 valence electrons. The molecule has 0 aromatic rings. The molecule has 0 aliphatic carbocycles. The Morgan fingerprint density at radius 2 is 1.62 bits per heavy atom. The maximum absolute atomic E-state index is 2.38. The quantitative estimate of drug-likeness (QED) is 0.524. The van der Waals surface area contributed by atoms with Gasteiger partial charge in [0, 0.05) is 0 Å². The Kier molecular flexibility index (Phi) is 7.03. The molecule has 0 N–H and O–H groups in total. The van der Waals surface area contributed by atoms with Crippen LogP contribution in [0.4, 0.5) is 0 Å². The third-order valence-electron chi connectivity index (χ3n) is 2.80. The second kappa shape index (κ2) is 7.17. The van der Waals surface area contributed by atoms with Gasteiger partial charge in [-0.3, -0.25) is 0 Å². The maximum Gasteiger partial charge on any atom is -0.0260 e. The van der Waals surface area contributed by atoms with Crippen molar-refractivity contribution in [3.8, 4) is 0 Å². The summed E-state index contributed by atoms with van der Waals surface area (Å²) in [5, 5.41) is 0. The largest absolute Gasteiger partial charge is 0.0914 e. The highest BCUT2D eigenvalue weighted by molar-refractivity contribution is 4.83. The van der Waals surface area contributed by atoms with Gasteiger partial charge in [0.1, 0.15) is 0 Å². The van der Waals surface area contributed by atoms with E-state index in [2.05, 4.69) is 46.8 Å². The molecule has 0 bridgehead atoms. The Morgan fingerprint density at radius 1 is 1.00 bits per heavy atom. The molecule has 3 unspecified atom stereocenters. The van der Waals surface area contributed by atoms with Crippen LogP contribution in [0.2, 0.25) is 0 Å². The van der Waals surface area contributed by atoms with Crippen LogP contribution in [0, 0.1) is 17.8 Å². The summed E-state index contributed by atoms with van der Waals surface area (Å²) in [6.07, 6.45) is 8.53. The van der Waals surface area contributed by atoms with E-state index >= 15 is 0 Å². The number of hydrogen-bond acceptors (Lipinski definition) is 0. The predicted octanol–water partition coefficient (Wildman–Crippen LogP) is 4.66. The van der Waals surface area contributed by atoms with Gasteiger partial charge in [-0.2, -0.15) is 0 Å². The first-order valence-electron chi connectivity index (χ1n) is 5.72. The van der Waals surface area contributed by atoms with Crippen LogP contribution in [-0.4, -0.2) is 0 Å². The molecule has 0 rings (SSSR count). The van der Waals surface area contributed by atoms with Gasteiger partial charge in [0.25, 0.3) is 0 Å².